The summed E-state index contributed by atoms with van der Waals surface area (Å²) in [5.41, 5.74) is 3.90. The van der Waals surface area contributed by atoms with Crippen LogP contribution in [0.3, 0.4) is 0 Å². The maximum atomic E-state index is 11.5. The molecule has 0 unspecified atom stereocenters. The van der Waals surface area contributed by atoms with Crippen LogP contribution in [0.2, 0.25) is 0 Å². The van der Waals surface area contributed by atoms with Gasteiger partial charge in [-0.2, -0.15) is 0 Å². The molecule has 20 heavy (non-hydrogen) atoms. The molecule has 0 saturated heterocycles. The third-order valence-electron chi connectivity index (χ3n) is 3.48. The molecule has 0 spiro atoms. The van der Waals surface area contributed by atoms with Gasteiger partial charge in [0.05, 0.1) is 12.0 Å². The molecule has 0 aromatic rings. The fourth-order valence-corrected chi connectivity index (χ4v) is 2.32. The van der Waals surface area contributed by atoms with Gasteiger partial charge in [0.2, 0.25) is 0 Å². The monoisotopic (exact) mass is 287 g/mol. The Hall–Kier alpha value is -1.99. The molecule has 114 valence electrons. The van der Waals surface area contributed by atoms with Crippen LogP contribution in [0.4, 0.5) is 9.59 Å². The van der Waals surface area contributed by atoms with Crippen molar-refractivity contribution in [3.63, 3.8) is 0 Å². The molecule has 0 aromatic carbocycles. The molecule has 8 nitrogen and oxygen atoms in total. The van der Waals surface area contributed by atoms with Gasteiger partial charge >= 0.3 is 18.1 Å². The molecular formula is C12H21N3O5. The third kappa shape index (κ3) is 4.94. The van der Waals surface area contributed by atoms with Gasteiger partial charge in [-0.1, -0.05) is 19.3 Å². The highest BCUT2D eigenvalue weighted by Crippen LogP contribution is 2.35. The summed E-state index contributed by atoms with van der Waals surface area (Å²) < 4.78 is 4.45. The van der Waals surface area contributed by atoms with Gasteiger partial charge in [0, 0.05) is 6.54 Å². The van der Waals surface area contributed by atoms with Crippen LogP contribution in [0, 0.1) is 5.41 Å². The number of carbonyl (C=O) groups excluding carboxylic acids is 2. The molecule has 0 atom stereocenters. The van der Waals surface area contributed by atoms with E-state index in [4.69, 9.17) is 5.73 Å². The summed E-state index contributed by atoms with van der Waals surface area (Å²) in [5, 5.41) is 14.4. The highest BCUT2D eigenvalue weighted by atomic mass is 16.5. The number of aliphatic carboxylic acids is 1. The Bertz CT molecular complexity index is 366. The van der Waals surface area contributed by atoms with Gasteiger partial charge in [-0.3, -0.25) is 4.79 Å². The molecule has 8 heteroatoms. The second kappa shape index (κ2) is 7.56. The van der Waals surface area contributed by atoms with Gasteiger partial charge in [0.15, 0.2) is 0 Å². The van der Waals surface area contributed by atoms with Crippen molar-refractivity contribution in [2.75, 3.05) is 19.7 Å². The Morgan fingerprint density at radius 2 is 1.80 bits per heavy atom. The van der Waals surface area contributed by atoms with E-state index in [1.807, 2.05) is 0 Å². The smallest absolute Gasteiger partial charge is 0.404 e. The lowest BCUT2D eigenvalue weighted by molar-refractivity contribution is -0.150. The van der Waals surface area contributed by atoms with Crippen LogP contribution in [-0.4, -0.2) is 42.9 Å². The highest BCUT2D eigenvalue weighted by Gasteiger charge is 2.39. The molecule has 1 aliphatic carbocycles. The Labute approximate surface area is 117 Å². The van der Waals surface area contributed by atoms with E-state index in [9.17, 15) is 19.5 Å². The quantitative estimate of drug-likeness (QED) is 0.526. The lowest BCUT2D eigenvalue weighted by atomic mass is 9.74. The van der Waals surface area contributed by atoms with Gasteiger partial charge < -0.3 is 26.2 Å². The second-order valence-corrected chi connectivity index (χ2v) is 4.92. The number of nitrogens with two attached hydrogens (primary N) is 1. The molecule has 5 N–H and O–H groups in total. The Morgan fingerprint density at radius 1 is 1.15 bits per heavy atom. The van der Waals surface area contributed by atoms with Crippen molar-refractivity contribution in [3.8, 4) is 0 Å². The van der Waals surface area contributed by atoms with Crippen molar-refractivity contribution >= 4 is 18.1 Å². The Kier molecular flexibility index (Phi) is 6.08. The van der Waals surface area contributed by atoms with Crippen LogP contribution in [-0.2, 0) is 9.53 Å². The fourth-order valence-electron chi connectivity index (χ4n) is 2.32. The molecule has 1 aliphatic rings. The summed E-state index contributed by atoms with van der Waals surface area (Å²) in [7, 11) is 0. The van der Waals surface area contributed by atoms with E-state index in [0.29, 0.717) is 12.8 Å². The summed E-state index contributed by atoms with van der Waals surface area (Å²) in [6.45, 7) is 0.201. The predicted molar refractivity (Wildman–Crippen MR) is 70.1 cm³/mol. The summed E-state index contributed by atoms with van der Waals surface area (Å²) in [6.07, 6.45) is 3.01. The number of primary amides is 1. The second-order valence-electron chi connectivity index (χ2n) is 4.92. The number of amides is 3. The maximum Gasteiger partial charge on any atom is 0.404 e. The molecular weight excluding hydrogens is 266 g/mol. The van der Waals surface area contributed by atoms with Crippen molar-refractivity contribution in [3.05, 3.63) is 0 Å². The fraction of sp³-hybridized carbons (Fsp3) is 0.750. The van der Waals surface area contributed by atoms with Crippen molar-refractivity contribution in [1.82, 2.24) is 10.6 Å². The lowest BCUT2D eigenvalue weighted by Crippen LogP contribution is -2.47. The van der Waals surface area contributed by atoms with E-state index in [2.05, 4.69) is 15.4 Å². The molecule has 3 amide bonds. The first-order valence-corrected chi connectivity index (χ1v) is 6.64. The first-order valence-electron chi connectivity index (χ1n) is 6.64. The lowest BCUT2D eigenvalue weighted by Gasteiger charge is -2.33. The minimum Gasteiger partial charge on any atom is -0.481 e. The number of carboxylic acids is 1. The van der Waals surface area contributed by atoms with Crippen LogP contribution in [0.1, 0.15) is 32.1 Å². The van der Waals surface area contributed by atoms with Crippen LogP contribution in [0.25, 0.3) is 0 Å². The van der Waals surface area contributed by atoms with Crippen molar-refractivity contribution in [2.45, 2.75) is 32.1 Å². The van der Waals surface area contributed by atoms with Crippen LogP contribution >= 0.6 is 0 Å². The molecule has 1 rings (SSSR count). The zero-order valence-corrected chi connectivity index (χ0v) is 11.3. The van der Waals surface area contributed by atoms with Crippen LogP contribution in [0.15, 0.2) is 0 Å². The van der Waals surface area contributed by atoms with Crippen LogP contribution < -0.4 is 16.4 Å². The summed E-state index contributed by atoms with van der Waals surface area (Å²) in [5.74, 6) is -0.866. The number of hydrogen-bond acceptors (Lipinski definition) is 4. The topological polar surface area (TPSA) is 131 Å². The average Bonchev–Trinajstić information content (AvgIpc) is 2.42. The van der Waals surface area contributed by atoms with Gasteiger partial charge in [0.1, 0.15) is 6.61 Å². The number of ether oxygens (including phenoxy) is 1. The van der Waals surface area contributed by atoms with Gasteiger partial charge in [-0.15, -0.1) is 0 Å². The molecule has 0 heterocycles. The largest absolute Gasteiger partial charge is 0.481 e. The number of hydrogen-bond donors (Lipinski definition) is 4. The van der Waals surface area contributed by atoms with Crippen LogP contribution in [0.5, 0.6) is 0 Å². The van der Waals surface area contributed by atoms with E-state index in [0.717, 1.165) is 19.3 Å². The Morgan fingerprint density at radius 3 is 2.35 bits per heavy atom. The molecule has 1 saturated carbocycles. The van der Waals surface area contributed by atoms with Crippen molar-refractivity contribution < 1.29 is 24.2 Å². The average molecular weight is 287 g/mol. The number of carboxylic acid groups (broad SMARTS) is 1. The maximum absolute atomic E-state index is 11.5. The number of urea groups is 1. The molecule has 0 bridgehead atoms. The third-order valence-corrected chi connectivity index (χ3v) is 3.48. The zero-order valence-electron chi connectivity index (χ0n) is 11.3. The van der Waals surface area contributed by atoms with E-state index in [-0.39, 0.29) is 19.7 Å². The summed E-state index contributed by atoms with van der Waals surface area (Å²) in [4.78, 5) is 33.2. The van der Waals surface area contributed by atoms with Gasteiger partial charge in [0.25, 0.3) is 0 Å². The molecule has 0 radical (unpaired) electrons. The SMILES string of the molecule is NC(=O)OCCNC(=O)NCC1(C(=O)O)CCCCC1. The predicted octanol–water partition coefficient (Wildman–Crippen LogP) is 0.416. The van der Waals surface area contributed by atoms with Crippen molar-refractivity contribution in [2.24, 2.45) is 11.1 Å². The molecule has 0 aromatic heterocycles. The van der Waals surface area contributed by atoms with E-state index < -0.39 is 23.5 Å². The highest BCUT2D eigenvalue weighted by molar-refractivity contribution is 5.78. The number of carbonyl (C=O) groups is 3. The molecule has 1 fully saturated rings. The number of nitrogens with one attached hydrogen (secondary N) is 2. The summed E-state index contributed by atoms with van der Waals surface area (Å²) in [6, 6.07) is -0.482. The first kappa shape index (κ1) is 16.1. The van der Waals surface area contributed by atoms with E-state index in [1.165, 1.54) is 0 Å². The zero-order chi connectivity index (χ0) is 15.0. The number of rotatable bonds is 6. The first-order chi connectivity index (χ1) is 9.46. The van der Waals surface area contributed by atoms with E-state index in [1.54, 1.807) is 0 Å². The normalized spacial score (nSPS) is 17.0. The van der Waals surface area contributed by atoms with Crippen molar-refractivity contribution in [1.29, 1.82) is 0 Å². The molecule has 0 aliphatic heterocycles. The minimum absolute atomic E-state index is 0.0210. The summed E-state index contributed by atoms with van der Waals surface area (Å²) >= 11 is 0. The standard InChI is InChI=1S/C12H21N3O5/c13-10(18)20-7-6-14-11(19)15-8-12(9(16)17)4-2-1-3-5-12/h1-8H2,(H2,13,18)(H,16,17)(H2,14,15,19). The Balaban J connectivity index is 2.30. The van der Waals surface area contributed by atoms with Gasteiger partial charge in [-0.25, -0.2) is 9.59 Å². The van der Waals surface area contributed by atoms with Gasteiger partial charge in [-0.05, 0) is 12.8 Å². The van der Waals surface area contributed by atoms with E-state index >= 15 is 0 Å². The minimum atomic E-state index is -0.903.